The molecule has 2 fully saturated rings. The number of pyridine rings is 4. The molecule has 55 heavy (non-hydrogen) atoms. The number of aromatic nitrogens is 8. The van der Waals surface area contributed by atoms with Gasteiger partial charge in [-0.15, -0.1) is 0 Å². The molecule has 0 unspecified atom stereocenters. The van der Waals surface area contributed by atoms with Gasteiger partial charge in [0.15, 0.2) is 0 Å². The van der Waals surface area contributed by atoms with Gasteiger partial charge in [-0.2, -0.15) is 0 Å². The van der Waals surface area contributed by atoms with E-state index in [0.717, 1.165) is 99.2 Å². The van der Waals surface area contributed by atoms with Gasteiger partial charge in [-0.05, 0) is 60.2 Å². The van der Waals surface area contributed by atoms with Gasteiger partial charge in [-0.3, -0.25) is 24.9 Å². The molecule has 0 bridgehead atoms. The molecular formula is C44H36N10O. The second kappa shape index (κ2) is 13.8. The highest BCUT2D eigenvalue weighted by Crippen LogP contribution is 2.38. The van der Waals surface area contributed by atoms with Crippen LogP contribution in [0.4, 0.5) is 11.6 Å². The first-order valence-electron chi connectivity index (χ1n) is 18.5. The van der Waals surface area contributed by atoms with E-state index in [-0.39, 0.29) is 11.8 Å². The molecule has 0 atom stereocenters. The second-order valence-electron chi connectivity index (χ2n) is 14.1. The van der Waals surface area contributed by atoms with E-state index in [1.165, 1.54) is 5.56 Å². The molecule has 0 saturated carbocycles. The molecule has 8 aromatic rings. The zero-order valence-electron chi connectivity index (χ0n) is 30.2. The number of rotatable bonds is 9. The number of anilines is 2. The Morgan fingerprint density at radius 3 is 2.07 bits per heavy atom. The van der Waals surface area contributed by atoms with E-state index >= 15 is 0 Å². The predicted octanol–water partition coefficient (Wildman–Crippen LogP) is 7.29. The molecule has 2 aliphatic rings. The van der Waals surface area contributed by atoms with Gasteiger partial charge in [-0.1, -0.05) is 36.4 Å². The van der Waals surface area contributed by atoms with Crippen molar-refractivity contribution in [2.24, 2.45) is 0 Å². The van der Waals surface area contributed by atoms with Crippen LogP contribution in [0.15, 0.2) is 128 Å². The van der Waals surface area contributed by atoms with E-state index in [0.29, 0.717) is 12.3 Å². The van der Waals surface area contributed by atoms with Gasteiger partial charge in [0, 0.05) is 104 Å². The number of methoxy groups -OCH3 is 1. The summed E-state index contributed by atoms with van der Waals surface area (Å²) in [5, 5.41) is 2.27. The number of nitrogens with zero attached hydrogens (tertiary/aromatic N) is 10. The Kier molecular flexibility index (Phi) is 8.24. The Balaban J connectivity index is 0.862. The van der Waals surface area contributed by atoms with Crippen molar-refractivity contribution in [1.29, 1.82) is 0 Å². The van der Waals surface area contributed by atoms with Crippen LogP contribution in [0.2, 0.25) is 0 Å². The van der Waals surface area contributed by atoms with Gasteiger partial charge >= 0.3 is 0 Å². The van der Waals surface area contributed by atoms with Crippen LogP contribution in [-0.4, -0.2) is 73.2 Å². The van der Waals surface area contributed by atoms with Gasteiger partial charge in [0.1, 0.15) is 11.6 Å². The Bertz CT molecular complexity index is 2670. The van der Waals surface area contributed by atoms with Crippen LogP contribution in [0.3, 0.4) is 0 Å². The van der Waals surface area contributed by atoms with Crippen LogP contribution in [0.25, 0.3) is 44.3 Å². The zero-order valence-corrected chi connectivity index (χ0v) is 30.2. The zero-order chi connectivity index (χ0) is 36.7. The lowest BCUT2D eigenvalue weighted by Crippen LogP contribution is -2.46. The molecule has 268 valence electrons. The quantitative estimate of drug-likeness (QED) is 0.150. The number of hydrogen-bond donors (Lipinski definition) is 0. The van der Waals surface area contributed by atoms with Crippen LogP contribution in [-0.2, 0) is 6.42 Å². The van der Waals surface area contributed by atoms with Crippen LogP contribution >= 0.6 is 0 Å². The molecule has 0 spiro atoms. The fourth-order valence-corrected chi connectivity index (χ4v) is 7.77. The third-order valence-corrected chi connectivity index (χ3v) is 10.7. The van der Waals surface area contributed by atoms with Crippen LogP contribution in [0.5, 0.6) is 5.88 Å². The SMILES string of the molecule is COc1ncccc1-c1nccnc1C1CN(c2cc(Cc3ccc(-c4nccnc4C4CN(c5ccc6ccccc6n5)C4)cn3)c3ccccc3n2)C1. The molecule has 11 heteroatoms. The molecule has 2 aliphatic heterocycles. The second-order valence-corrected chi connectivity index (χ2v) is 14.1. The highest BCUT2D eigenvalue weighted by atomic mass is 16.5. The largest absolute Gasteiger partial charge is 0.481 e. The van der Waals surface area contributed by atoms with Crippen LogP contribution in [0, 0.1) is 0 Å². The van der Waals surface area contributed by atoms with Gasteiger partial charge in [0.05, 0.1) is 46.5 Å². The molecule has 8 heterocycles. The Labute approximate surface area is 317 Å². The normalized spacial score (nSPS) is 14.6. The maximum atomic E-state index is 5.54. The van der Waals surface area contributed by atoms with Gasteiger partial charge in [-0.25, -0.2) is 15.0 Å². The van der Waals surface area contributed by atoms with E-state index in [1.807, 2.05) is 36.5 Å². The summed E-state index contributed by atoms with van der Waals surface area (Å²) in [6.07, 6.45) is 11.4. The van der Waals surface area contributed by atoms with E-state index in [4.69, 9.17) is 39.6 Å². The molecule has 0 radical (unpaired) electrons. The van der Waals surface area contributed by atoms with E-state index in [2.05, 4.69) is 75.4 Å². The minimum Gasteiger partial charge on any atom is -0.481 e. The topological polar surface area (TPSA) is 119 Å². The first-order chi connectivity index (χ1) is 27.2. The fraction of sp³-hybridized carbons (Fsp3) is 0.182. The highest BCUT2D eigenvalue weighted by Gasteiger charge is 2.34. The molecule has 10 rings (SSSR count). The lowest BCUT2D eigenvalue weighted by atomic mass is 9.92. The minimum absolute atomic E-state index is 0.198. The molecular weight excluding hydrogens is 685 g/mol. The van der Waals surface area contributed by atoms with Gasteiger partial charge in [0.25, 0.3) is 0 Å². The monoisotopic (exact) mass is 720 g/mol. The molecule has 11 nitrogen and oxygen atoms in total. The number of para-hydroxylation sites is 2. The van der Waals surface area contributed by atoms with Crippen LogP contribution in [0.1, 0.15) is 34.5 Å². The van der Waals surface area contributed by atoms with Crippen molar-refractivity contribution < 1.29 is 4.74 Å². The first kappa shape index (κ1) is 32.7. The van der Waals surface area contributed by atoms with Gasteiger partial charge in [0.2, 0.25) is 5.88 Å². The molecule has 0 amide bonds. The number of fused-ring (bicyclic) bond motifs is 2. The molecule has 2 saturated heterocycles. The smallest absolute Gasteiger partial charge is 0.222 e. The molecule has 0 N–H and O–H groups in total. The average molecular weight is 721 g/mol. The summed E-state index contributed by atoms with van der Waals surface area (Å²) in [4.78, 5) is 43.0. The van der Waals surface area contributed by atoms with Crippen molar-refractivity contribution in [3.8, 4) is 28.4 Å². The Morgan fingerprint density at radius 2 is 1.29 bits per heavy atom. The Morgan fingerprint density at radius 1 is 0.600 bits per heavy atom. The number of hydrogen-bond acceptors (Lipinski definition) is 11. The van der Waals surface area contributed by atoms with E-state index in [1.54, 1.807) is 38.1 Å². The van der Waals surface area contributed by atoms with Crippen molar-refractivity contribution in [2.75, 3.05) is 43.1 Å². The molecule has 6 aromatic heterocycles. The maximum Gasteiger partial charge on any atom is 0.222 e. The predicted molar refractivity (Wildman–Crippen MR) is 213 cm³/mol. The Hall–Kier alpha value is -6.88. The van der Waals surface area contributed by atoms with Crippen molar-refractivity contribution in [2.45, 2.75) is 18.3 Å². The lowest BCUT2D eigenvalue weighted by molar-refractivity contribution is 0.399. The summed E-state index contributed by atoms with van der Waals surface area (Å²) in [5.74, 6) is 2.94. The van der Waals surface area contributed by atoms with Crippen molar-refractivity contribution in [3.05, 3.63) is 151 Å². The maximum absolute atomic E-state index is 5.54. The van der Waals surface area contributed by atoms with Crippen LogP contribution < -0.4 is 14.5 Å². The summed E-state index contributed by atoms with van der Waals surface area (Å²) in [6.45, 7) is 3.25. The number of ether oxygens (including phenoxy) is 1. The third kappa shape index (κ3) is 6.13. The standard InChI is InChI=1S/C44H36N10O/c1-55-44-35(9-6-16-49-44)43-42(47-19-20-48-43)32-26-54(27-32)39-22-30(34-8-3-5-11-37(34)52-39)21-33-14-12-29(23-50-33)40-41(46-18-17-45-40)31-24-53(25-31)38-15-13-28-7-2-4-10-36(28)51-38/h2-20,22-23,31-32H,21,24-27H2,1H3. The van der Waals surface area contributed by atoms with Crippen molar-refractivity contribution in [3.63, 3.8) is 0 Å². The summed E-state index contributed by atoms with van der Waals surface area (Å²) >= 11 is 0. The highest BCUT2D eigenvalue weighted by molar-refractivity contribution is 5.85. The fourth-order valence-electron chi connectivity index (χ4n) is 7.77. The minimum atomic E-state index is 0.198. The lowest BCUT2D eigenvalue weighted by Gasteiger charge is -2.40. The third-order valence-electron chi connectivity index (χ3n) is 10.7. The summed E-state index contributed by atoms with van der Waals surface area (Å²) < 4.78 is 5.54. The molecule has 2 aromatic carbocycles. The van der Waals surface area contributed by atoms with Crippen molar-refractivity contribution in [1.82, 2.24) is 39.9 Å². The van der Waals surface area contributed by atoms with E-state index in [9.17, 15) is 0 Å². The number of benzene rings is 2. The first-order valence-corrected chi connectivity index (χ1v) is 18.5. The summed E-state index contributed by atoms with van der Waals surface area (Å²) in [5.41, 5.74) is 9.58. The summed E-state index contributed by atoms with van der Waals surface area (Å²) in [7, 11) is 1.63. The van der Waals surface area contributed by atoms with Crippen molar-refractivity contribution >= 4 is 33.4 Å². The molecule has 0 aliphatic carbocycles. The van der Waals surface area contributed by atoms with E-state index < -0.39 is 0 Å². The summed E-state index contributed by atoms with van der Waals surface area (Å²) in [6, 6.07) is 31.1. The van der Waals surface area contributed by atoms with Gasteiger partial charge < -0.3 is 14.5 Å². The average Bonchev–Trinajstić information content (AvgIpc) is 3.20.